The van der Waals surface area contributed by atoms with Crippen LogP contribution in [0.15, 0.2) is 11.6 Å². The van der Waals surface area contributed by atoms with Crippen molar-refractivity contribution in [3.63, 3.8) is 0 Å². The summed E-state index contributed by atoms with van der Waals surface area (Å²) in [6, 6.07) is 0. The maximum atomic E-state index is 12.3. The molecule has 0 aromatic carbocycles. The van der Waals surface area contributed by atoms with E-state index in [4.69, 9.17) is 0 Å². The molecule has 0 aromatic rings. The van der Waals surface area contributed by atoms with Crippen LogP contribution in [0.25, 0.3) is 0 Å². The van der Waals surface area contributed by atoms with E-state index in [1.54, 1.807) is 5.57 Å². The normalized spacial score (nSPS) is 44.7. The topological polar surface area (TPSA) is 17.1 Å². The highest BCUT2D eigenvalue weighted by molar-refractivity contribution is 5.82. The molecule has 8 atom stereocenters. The molecule has 28 heavy (non-hydrogen) atoms. The van der Waals surface area contributed by atoms with E-state index in [1.165, 1.54) is 44.9 Å². The second kappa shape index (κ2) is 7.28. The molecule has 0 radical (unpaired) electrons. The van der Waals surface area contributed by atoms with Gasteiger partial charge >= 0.3 is 0 Å². The van der Waals surface area contributed by atoms with Crippen molar-refractivity contribution in [3.8, 4) is 0 Å². The van der Waals surface area contributed by atoms with Crippen molar-refractivity contribution in [2.75, 3.05) is 0 Å². The Balaban J connectivity index is 1.50. The van der Waals surface area contributed by atoms with E-state index in [2.05, 4.69) is 47.6 Å². The summed E-state index contributed by atoms with van der Waals surface area (Å²) in [6.07, 6.45) is 13.9. The molecule has 0 unspecified atom stereocenters. The van der Waals surface area contributed by atoms with Crippen molar-refractivity contribution in [1.82, 2.24) is 0 Å². The Hall–Kier alpha value is -0.590. The van der Waals surface area contributed by atoms with Crippen LogP contribution in [0.2, 0.25) is 0 Å². The smallest absolute Gasteiger partial charge is 0.133 e. The summed E-state index contributed by atoms with van der Waals surface area (Å²) in [4.78, 5) is 12.3. The van der Waals surface area contributed by atoms with Gasteiger partial charge in [0.25, 0.3) is 0 Å². The van der Waals surface area contributed by atoms with Crippen molar-refractivity contribution in [3.05, 3.63) is 11.6 Å². The Kier molecular flexibility index (Phi) is 5.37. The summed E-state index contributed by atoms with van der Waals surface area (Å²) in [5.41, 5.74) is 2.58. The van der Waals surface area contributed by atoms with Crippen LogP contribution < -0.4 is 0 Å². The molecule has 158 valence electrons. The van der Waals surface area contributed by atoms with Crippen molar-refractivity contribution in [2.24, 2.45) is 52.3 Å². The zero-order valence-corrected chi connectivity index (χ0v) is 19.4. The zero-order chi connectivity index (χ0) is 20.3. The molecule has 1 nitrogen and oxygen atoms in total. The van der Waals surface area contributed by atoms with Crippen molar-refractivity contribution in [2.45, 2.75) is 99.3 Å². The first-order chi connectivity index (χ1) is 13.2. The van der Waals surface area contributed by atoms with E-state index in [1.807, 2.05) is 0 Å². The summed E-state index contributed by atoms with van der Waals surface area (Å²) in [5, 5.41) is 0. The third-order valence-corrected chi connectivity index (χ3v) is 10.5. The lowest BCUT2D eigenvalue weighted by molar-refractivity contribution is -0.118. The highest BCUT2D eigenvalue weighted by Gasteiger charge is 2.59. The Labute approximate surface area is 174 Å². The lowest BCUT2D eigenvalue weighted by Gasteiger charge is -2.54. The van der Waals surface area contributed by atoms with Gasteiger partial charge in [-0.2, -0.15) is 0 Å². The number of carbonyl (C=O) groups is 1. The molecule has 4 aliphatic rings. The Morgan fingerprint density at radius 1 is 1.00 bits per heavy atom. The van der Waals surface area contributed by atoms with Gasteiger partial charge in [0.1, 0.15) is 5.78 Å². The molecule has 0 bridgehead atoms. The Morgan fingerprint density at radius 2 is 1.71 bits per heavy atom. The van der Waals surface area contributed by atoms with Gasteiger partial charge in [0.2, 0.25) is 0 Å². The molecule has 0 aromatic heterocycles. The first-order valence-electron chi connectivity index (χ1n) is 12.4. The molecule has 4 rings (SSSR count). The van der Waals surface area contributed by atoms with E-state index < -0.39 is 0 Å². The minimum Gasteiger partial charge on any atom is -0.300 e. The van der Waals surface area contributed by atoms with Crippen molar-refractivity contribution in [1.29, 1.82) is 0 Å². The molecule has 1 heteroatoms. The zero-order valence-electron chi connectivity index (χ0n) is 19.4. The summed E-state index contributed by atoms with van der Waals surface area (Å²) < 4.78 is 0. The fourth-order valence-corrected chi connectivity index (χ4v) is 8.21. The number of hydrogen-bond acceptors (Lipinski definition) is 1. The average Bonchev–Trinajstić information content (AvgIpc) is 3.14. The first kappa shape index (κ1) is 20.7. The minimum absolute atomic E-state index is 0.277. The summed E-state index contributed by atoms with van der Waals surface area (Å²) >= 11 is 0. The van der Waals surface area contributed by atoms with Crippen LogP contribution >= 0.6 is 0 Å². The molecular formula is C27H44O. The standard InChI is InChI=1S/C27H44O/c1-17(2)18(3)7-8-19(4)23-11-12-24-22-10-9-20-15-21(28)16-27(20,6)25(22)13-14-26(23,24)5/h10,17-20,23-25H,7-9,11-16H2,1-6H3/t18-,19+,20-,23+,24-,25+,26+,27-/m0/s1. The van der Waals surface area contributed by atoms with E-state index in [9.17, 15) is 4.79 Å². The van der Waals surface area contributed by atoms with Crippen LogP contribution in [-0.4, -0.2) is 5.78 Å². The van der Waals surface area contributed by atoms with Crippen LogP contribution in [0, 0.1) is 52.3 Å². The summed E-state index contributed by atoms with van der Waals surface area (Å²) in [7, 11) is 0. The molecular weight excluding hydrogens is 340 g/mol. The quantitative estimate of drug-likeness (QED) is 0.450. The highest BCUT2D eigenvalue weighted by atomic mass is 16.1. The van der Waals surface area contributed by atoms with Gasteiger partial charge in [-0.05, 0) is 84.4 Å². The van der Waals surface area contributed by atoms with Gasteiger partial charge in [0.15, 0.2) is 0 Å². The van der Waals surface area contributed by atoms with Crippen LogP contribution in [0.1, 0.15) is 99.3 Å². The number of carbonyl (C=O) groups excluding carboxylic acids is 1. The van der Waals surface area contributed by atoms with Crippen LogP contribution in [0.3, 0.4) is 0 Å². The molecule has 0 aliphatic heterocycles. The van der Waals surface area contributed by atoms with Crippen molar-refractivity contribution < 1.29 is 4.79 Å². The van der Waals surface area contributed by atoms with Crippen LogP contribution in [0.5, 0.6) is 0 Å². The molecule has 4 aliphatic carbocycles. The largest absolute Gasteiger partial charge is 0.300 e. The van der Waals surface area contributed by atoms with Gasteiger partial charge in [-0.1, -0.05) is 66.0 Å². The minimum atomic E-state index is 0.277. The van der Waals surface area contributed by atoms with Gasteiger partial charge in [-0.3, -0.25) is 4.79 Å². The number of hydrogen-bond donors (Lipinski definition) is 0. The molecule has 0 heterocycles. The summed E-state index contributed by atoms with van der Waals surface area (Å²) in [6.45, 7) is 14.9. The third-order valence-electron chi connectivity index (χ3n) is 10.5. The predicted molar refractivity (Wildman–Crippen MR) is 118 cm³/mol. The Bertz CT molecular complexity index is 645. The van der Waals surface area contributed by atoms with Gasteiger partial charge in [0.05, 0.1) is 0 Å². The third kappa shape index (κ3) is 3.14. The Morgan fingerprint density at radius 3 is 2.43 bits per heavy atom. The second-order valence-electron chi connectivity index (χ2n) is 12.2. The number of fused-ring (bicyclic) bond motifs is 5. The molecule has 0 amide bonds. The van der Waals surface area contributed by atoms with E-state index >= 15 is 0 Å². The maximum Gasteiger partial charge on any atom is 0.133 e. The molecule has 0 spiro atoms. The van der Waals surface area contributed by atoms with Crippen LogP contribution in [-0.2, 0) is 4.79 Å². The number of ketones is 1. The van der Waals surface area contributed by atoms with Crippen molar-refractivity contribution >= 4 is 5.78 Å². The van der Waals surface area contributed by atoms with Crippen LogP contribution in [0.4, 0.5) is 0 Å². The molecule has 3 saturated carbocycles. The number of allylic oxidation sites excluding steroid dienone is 2. The first-order valence-corrected chi connectivity index (χ1v) is 12.4. The lowest BCUT2D eigenvalue weighted by atomic mass is 9.50. The monoisotopic (exact) mass is 384 g/mol. The van der Waals surface area contributed by atoms with Gasteiger partial charge in [0, 0.05) is 12.8 Å². The van der Waals surface area contributed by atoms with E-state index in [-0.39, 0.29) is 5.41 Å². The fourth-order valence-electron chi connectivity index (χ4n) is 8.21. The average molecular weight is 385 g/mol. The van der Waals surface area contributed by atoms with E-state index in [0.717, 1.165) is 42.4 Å². The van der Waals surface area contributed by atoms with E-state index in [0.29, 0.717) is 23.0 Å². The molecule has 3 fully saturated rings. The summed E-state index contributed by atoms with van der Waals surface area (Å²) in [5.74, 6) is 6.08. The maximum absolute atomic E-state index is 12.3. The van der Waals surface area contributed by atoms with Gasteiger partial charge in [-0.15, -0.1) is 0 Å². The van der Waals surface area contributed by atoms with Gasteiger partial charge < -0.3 is 0 Å². The SMILES string of the molecule is CC(C)[C@@H](C)CC[C@@H](C)[C@H]1CC[C@H]2C3=CC[C@H]4CC(=O)C[C@]4(C)[C@@H]3CC[C@]12C. The predicted octanol–water partition coefficient (Wildman–Crippen LogP) is 7.45. The number of rotatable bonds is 5. The van der Waals surface area contributed by atoms with Gasteiger partial charge in [-0.25, -0.2) is 0 Å². The fraction of sp³-hybridized carbons (Fsp3) is 0.889. The molecule has 0 N–H and O–H groups in total. The second-order valence-corrected chi connectivity index (χ2v) is 12.2. The molecule has 0 saturated heterocycles. The lowest BCUT2D eigenvalue weighted by Crippen LogP contribution is -2.46. The highest BCUT2D eigenvalue weighted by Crippen LogP contribution is 2.67. The number of Topliss-reactive ketones (excluding diaryl/α,β-unsaturated/α-hetero) is 1.